The largest absolute Gasteiger partial charge is 0.396 e. The molecule has 7 nitrogen and oxygen atoms in total. The van der Waals surface area contributed by atoms with Crippen molar-refractivity contribution in [2.75, 3.05) is 12.3 Å². The molecule has 0 radical (unpaired) electrons. The highest BCUT2D eigenvalue weighted by Crippen LogP contribution is 2.55. The van der Waals surface area contributed by atoms with Crippen molar-refractivity contribution in [2.24, 2.45) is 11.8 Å². The number of fused-ring (bicyclic) bond motifs is 1. The smallest absolute Gasteiger partial charge is 0.280 e. The fraction of sp³-hybridized carbons (Fsp3) is 0.500. The van der Waals surface area contributed by atoms with E-state index < -0.39 is 29.9 Å². The van der Waals surface area contributed by atoms with Crippen LogP contribution in [0.15, 0.2) is 11.1 Å². The quantitative estimate of drug-likeness (QED) is 0.702. The Hall–Kier alpha value is -2.03. The Labute approximate surface area is 105 Å². The molecule has 1 aliphatic rings. The van der Waals surface area contributed by atoms with Crippen molar-refractivity contribution in [3.05, 3.63) is 16.7 Å². The third-order valence-electron chi connectivity index (χ3n) is 3.45. The SMILES string of the molecule is Nc1nc2c(ncn2CC2C(CO)C2(F)F)c(=O)[nH]1. The minimum Gasteiger partial charge on any atom is -0.396 e. The third-order valence-corrected chi connectivity index (χ3v) is 3.45. The Morgan fingerprint density at radius 2 is 2.26 bits per heavy atom. The van der Waals surface area contributed by atoms with Gasteiger partial charge in [0, 0.05) is 6.54 Å². The van der Waals surface area contributed by atoms with Gasteiger partial charge in [0.15, 0.2) is 11.2 Å². The molecule has 1 fully saturated rings. The van der Waals surface area contributed by atoms with Crippen molar-refractivity contribution in [3.8, 4) is 0 Å². The molecule has 2 heterocycles. The number of nitrogens with zero attached hydrogens (tertiary/aromatic N) is 3. The zero-order valence-electron chi connectivity index (χ0n) is 9.68. The van der Waals surface area contributed by atoms with E-state index >= 15 is 0 Å². The van der Waals surface area contributed by atoms with E-state index in [0.717, 1.165) is 0 Å². The normalized spacial score (nSPS) is 24.8. The number of nitrogen functional groups attached to an aromatic ring is 1. The number of alkyl halides is 2. The highest BCUT2D eigenvalue weighted by atomic mass is 19.3. The standard InChI is InChI=1S/C10H11F2N5O2/c11-10(12)4(5(10)2-18)1-17-3-14-6-7(17)15-9(13)16-8(6)19/h3-5,18H,1-2H2,(H3,13,15,16,19). The molecule has 2 aromatic heterocycles. The summed E-state index contributed by atoms with van der Waals surface area (Å²) < 4.78 is 28.0. The van der Waals surface area contributed by atoms with Crippen LogP contribution in [0.2, 0.25) is 0 Å². The van der Waals surface area contributed by atoms with Crippen LogP contribution in [0.5, 0.6) is 0 Å². The van der Waals surface area contributed by atoms with E-state index in [1.807, 2.05) is 0 Å². The van der Waals surface area contributed by atoms with Crippen molar-refractivity contribution >= 4 is 17.1 Å². The van der Waals surface area contributed by atoms with Crippen LogP contribution in [0.3, 0.4) is 0 Å². The lowest BCUT2D eigenvalue weighted by Gasteiger charge is -2.02. The predicted octanol–water partition coefficient (Wildman–Crippen LogP) is -0.425. The summed E-state index contributed by atoms with van der Waals surface area (Å²) in [5.41, 5.74) is 5.12. The van der Waals surface area contributed by atoms with Gasteiger partial charge in [-0.2, -0.15) is 4.98 Å². The average molecular weight is 271 g/mol. The van der Waals surface area contributed by atoms with Gasteiger partial charge in [0.05, 0.1) is 24.8 Å². The predicted molar refractivity (Wildman–Crippen MR) is 61.6 cm³/mol. The number of hydrogen-bond acceptors (Lipinski definition) is 5. The number of imidazole rings is 1. The van der Waals surface area contributed by atoms with E-state index in [1.165, 1.54) is 10.9 Å². The zero-order valence-corrected chi connectivity index (χ0v) is 9.68. The van der Waals surface area contributed by atoms with Crippen LogP contribution < -0.4 is 11.3 Å². The van der Waals surface area contributed by atoms with Gasteiger partial charge in [0.1, 0.15) is 0 Å². The van der Waals surface area contributed by atoms with Gasteiger partial charge in [-0.3, -0.25) is 9.78 Å². The first-order valence-corrected chi connectivity index (χ1v) is 5.64. The first kappa shape index (κ1) is 12.0. The molecular weight excluding hydrogens is 260 g/mol. The number of nitrogens with one attached hydrogen (secondary N) is 1. The second-order valence-electron chi connectivity index (χ2n) is 4.59. The van der Waals surface area contributed by atoms with E-state index in [4.69, 9.17) is 10.8 Å². The maximum absolute atomic E-state index is 13.3. The van der Waals surface area contributed by atoms with Gasteiger partial charge in [-0.05, 0) is 0 Å². The molecule has 3 rings (SSSR count). The number of anilines is 1. The number of aromatic amines is 1. The maximum Gasteiger partial charge on any atom is 0.280 e. The second-order valence-corrected chi connectivity index (χ2v) is 4.59. The number of aliphatic hydroxyl groups excluding tert-OH is 1. The summed E-state index contributed by atoms with van der Waals surface area (Å²) >= 11 is 0. The van der Waals surface area contributed by atoms with E-state index in [9.17, 15) is 13.6 Å². The van der Waals surface area contributed by atoms with Gasteiger partial charge in [0.25, 0.3) is 11.5 Å². The molecule has 19 heavy (non-hydrogen) atoms. The third kappa shape index (κ3) is 1.69. The molecule has 9 heteroatoms. The molecule has 0 spiro atoms. The van der Waals surface area contributed by atoms with Gasteiger partial charge in [-0.1, -0.05) is 0 Å². The van der Waals surface area contributed by atoms with Crippen molar-refractivity contribution in [2.45, 2.75) is 12.5 Å². The Kier molecular flexibility index (Phi) is 2.36. The Morgan fingerprint density at radius 1 is 1.53 bits per heavy atom. The summed E-state index contributed by atoms with van der Waals surface area (Å²) in [5.74, 6) is -5.01. The number of H-pyrrole nitrogens is 1. The van der Waals surface area contributed by atoms with Gasteiger partial charge in [0.2, 0.25) is 5.95 Å². The van der Waals surface area contributed by atoms with E-state index in [1.54, 1.807) is 0 Å². The summed E-state index contributed by atoms with van der Waals surface area (Å²) in [4.78, 5) is 21.5. The highest BCUT2D eigenvalue weighted by molar-refractivity contribution is 5.70. The fourth-order valence-corrected chi connectivity index (χ4v) is 2.27. The lowest BCUT2D eigenvalue weighted by atomic mass is 10.3. The van der Waals surface area contributed by atoms with Crippen molar-refractivity contribution in [1.82, 2.24) is 19.5 Å². The molecule has 2 unspecified atom stereocenters. The Morgan fingerprint density at radius 3 is 2.89 bits per heavy atom. The van der Waals surface area contributed by atoms with Crippen LogP contribution in [0.25, 0.3) is 11.2 Å². The zero-order chi connectivity index (χ0) is 13.8. The van der Waals surface area contributed by atoms with Crippen LogP contribution in [-0.2, 0) is 6.54 Å². The van der Waals surface area contributed by atoms with Gasteiger partial charge >= 0.3 is 0 Å². The first-order chi connectivity index (χ1) is 8.95. The number of nitrogens with two attached hydrogens (primary N) is 1. The molecule has 1 aliphatic carbocycles. The number of aromatic nitrogens is 4. The minimum absolute atomic E-state index is 0.0544. The monoisotopic (exact) mass is 271 g/mol. The highest BCUT2D eigenvalue weighted by Gasteiger charge is 2.67. The molecular formula is C10H11F2N5O2. The first-order valence-electron chi connectivity index (χ1n) is 5.64. The molecule has 2 aromatic rings. The summed E-state index contributed by atoms with van der Waals surface area (Å²) in [6, 6.07) is 0. The fourth-order valence-electron chi connectivity index (χ4n) is 2.27. The van der Waals surface area contributed by atoms with Gasteiger partial charge in [-0.25, -0.2) is 13.8 Å². The number of hydrogen-bond donors (Lipinski definition) is 3. The molecule has 4 N–H and O–H groups in total. The average Bonchev–Trinajstić information content (AvgIpc) is 2.67. The Bertz CT molecular complexity index is 695. The molecule has 1 saturated carbocycles. The number of aliphatic hydroxyl groups is 1. The molecule has 0 saturated heterocycles. The molecule has 0 aromatic carbocycles. The van der Waals surface area contributed by atoms with E-state index in [2.05, 4.69) is 15.0 Å². The minimum atomic E-state index is -2.89. The lowest BCUT2D eigenvalue weighted by molar-refractivity contribution is 0.0704. The lowest BCUT2D eigenvalue weighted by Crippen LogP contribution is -2.13. The second kappa shape index (κ2) is 3.73. The van der Waals surface area contributed by atoms with Crippen LogP contribution in [-0.4, -0.2) is 37.2 Å². The van der Waals surface area contributed by atoms with Gasteiger partial charge in [-0.15, -0.1) is 0 Å². The number of halogens is 2. The summed E-state index contributed by atoms with van der Waals surface area (Å²) in [5, 5.41) is 8.85. The summed E-state index contributed by atoms with van der Waals surface area (Å²) in [6.45, 7) is -0.634. The summed E-state index contributed by atoms with van der Waals surface area (Å²) in [6.07, 6.45) is 1.27. The van der Waals surface area contributed by atoms with Crippen molar-refractivity contribution < 1.29 is 13.9 Å². The van der Waals surface area contributed by atoms with E-state index in [-0.39, 0.29) is 23.7 Å². The van der Waals surface area contributed by atoms with Crippen molar-refractivity contribution in [1.29, 1.82) is 0 Å². The Balaban J connectivity index is 1.97. The van der Waals surface area contributed by atoms with Crippen LogP contribution in [0.4, 0.5) is 14.7 Å². The number of rotatable bonds is 3. The molecule has 102 valence electrons. The van der Waals surface area contributed by atoms with Crippen LogP contribution in [0, 0.1) is 11.8 Å². The van der Waals surface area contributed by atoms with Crippen molar-refractivity contribution in [3.63, 3.8) is 0 Å². The topological polar surface area (TPSA) is 110 Å². The molecule has 0 amide bonds. The van der Waals surface area contributed by atoms with Gasteiger partial charge < -0.3 is 15.4 Å². The van der Waals surface area contributed by atoms with Crippen LogP contribution in [0.1, 0.15) is 0 Å². The molecule has 0 bridgehead atoms. The molecule has 2 atom stereocenters. The van der Waals surface area contributed by atoms with Crippen LogP contribution >= 0.6 is 0 Å². The maximum atomic E-state index is 13.3. The molecule has 0 aliphatic heterocycles. The summed E-state index contributed by atoms with van der Waals surface area (Å²) in [7, 11) is 0. The van der Waals surface area contributed by atoms with E-state index in [0.29, 0.717) is 0 Å².